The van der Waals surface area contributed by atoms with E-state index in [4.69, 9.17) is 9.84 Å². The van der Waals surface area contributed by atoms with Gasteiger partial charge in [0.05, 0.1) is 17.6 Å². The summed E-state index contributed by atoms with van der Waals surface area (Å²) in [4.78, 5) is 20.5. The molecule has 0 saturated heterocycles. The number of benzene rings is 1. The Bertz CT molecular complexity index is 433. The van der Waals surface area contributed by atoms with Crippen LogP contribution < -0.4 is 10.1 Å². The second kappa shape index (κ2) is 5.69. The van der Waals surface area contributed by atoms with Crippen LogP contribution in [-0.4, -0.2) is 29.2 Å². The molecule has 0 heterocycles. The summed E-state index contributed by atoms with van der Waals surface area (Å²) in [7, 11) is 0. The zero-order valence-corrected chi connectivity index (χ0v) is 9.17. The number of carbonyl (C=O) groups is 1. The molecule has 0 radical (unpaired) electrons. The Hall–Kier alpha value is -2.31. The van der Waals surface area contributed by atoms with Crippen LogP contribution in [0.4, 0.5) is 11.4 Å². The van der Waals surface area contributed by atoms with E-state index in [0.717, 1.165) is 0 Å². The maximum atomic E-state index is 10.7. The third kappa shape index (κ3) is 3.98. The van der Waals surface area contributed by atoms with Crippen molar-refractivity contribution in [1.82, 2.24) is 0 Å². The van der Waals surface area contributed by atoms with Gasteiger partial charge in [0.25, 0.3) is 5.69 Å². The van der Waals surface area contributed by atoms with E-state index in [1.54, 1.807) is 6.92 Å². The highest BCUT2D eigenvalue weighted by Gasteiger charge is 2.10. The van der Waals surface area contributed by atoms with Crippen molar-refractivity contribution in [2.24, 2.45) is 0 Å². The highest BCUT2D eigenvalue weighted by Crippen LogP contribution is 2.25. The van der Waals surface area contributed by atoms with Gasteiger partial charge in [-0.3, -0.25) is 14.9 Å². The second-order valence-corrected chi connectivity index (χ2v) is 3.15. The summed E-state index contributed by atoms with van der Waals surface area (Å²) in [5.41, 5.74) is 0.189. The lowest BCUT2D eigenvalue weighted by molar-refractivity contribution is -0.384. The van der Waals surface area contributed by atoms with Crippen molar-refractivity contribution in [3.05, 3.63) is 28.3 Å². The Balaban J connectivity index is 2.94. The van der Waals surface area contributed by atoms with Crippen LogP contribution in [0.5, 0.6) is 5.75 Å². The van der Waals surface area contributed by atoms with Gasteiger partial charge < -0.3 is 15.2 Å². The highest BCUT2D eigenvalue weighted by molar-refractivity contribution is 5.73. The van der Waals surface area contributed by atoms with E-state index >= 15 is 0 Å². The van der Waals surface area contributed by atoms with Gasteiger partial charge in [-0.15, -0.1) is 0 Å². The van der Waals surface area contributed by atoms with Crippen LogP contribution in [0.1, 0.15) is 6.92 Å². The molecule has 7 heteroatoms. The standard InChI is InChI=1S/C10H12N2O5/c1-2-17-9-4-7(11-6-10(13)14)3-8(5-9)12(15)16/h3-5,11H,2,6H2,1H3,(H,13,14). The molecular formula is C10H12N2O5. The summed E-state index contributed by atoms with van der Waals surface area (Å²) in [6, 6.07) is 4.06. The van der Waals surface area contributed by atoms with Crippen LogP contribution in [0.2, 0.25) is 0 Å². The molecule has 1 aromatic carbocycles. The molecule has 7 nitrogen and oxygen atoms in total. The van der Waals surface area contributed by atoms with Gasteiger partial charge >= 0.3 is 5.97 Å². The molecule has 0 saturated carbocycles. The van der Waals surface area contributed by atoms with Crippen molar-refractivity contribution in [1.29, 1.82) is 0 Å². The number of carboxylic acids is 1. The lowest BCUT2D eigenvalue weighted by Gasteiger charge is -2.07. The molecule has 1 rings (SSSR count). The lowest BCUT2D eigenvalue weighted by atomic mass is 10.2. The van der Waals surface area contributed by atoms with Crippen LogP contribution in [0.15, 0.2) is 18.2 Å². The van der Waals surface area contributed by atoms with Gasteiger partial charge in [0.1, 0.15) is 12.3 Å². The minimum absolute atomic E-state index is 0.149. The number of aliphatic carboxylic acids is 1. The fraction of sp³-hybridized carbons (Fsp3) is 0.300. The Morgan fingerprint density at radius 1 is 1.53 bits per heavy atom. The molecule has 0 amide bonds. The van der Waals surface area contributed by atoms with Crippen LogP contribution in [-0.2, 0) is 4.79 Å². The van der Waals surface area contributed by atoms with Gasteiger partial charge in [0.2, 0.25) is 0 Å². The SMILES string of the molecule is CCOc1cc(NCC(=O)O)cc([N+](=O)[O-])c1. The van der Waals surface area contributed by atoms with E-state index in [-0.39, 0.29) is 12.2 Å². The minimum Gasteiger partial charge on any atom is -0.494 e. The molecule has 0 aliphatic rings. The quantitative estimate of drug-likeness (QED) is 0.577. The van der Waals surface area contributed by atoms with E-state index in [9.17, 15) is 14.9 Å². The van der Waals surface area contributed by atoms with Gasteiger partial charge in [-0.2, -0.15) is 0 Å². The number of non-ortho nitro benzene ring substituents is 1. The van der Waals surface area contributed by atoms with Crippen LogP contribution >= 0.6 is 0 Å². The maximum Gasteiger partial charge on any atom is 0.322 e. The zero-order valence-electron chi connectivity index (χ0n) is 9.17. The van der Waals surface area contributed by atoms with E-state index in [2.05, 4.69) is 5.32 Å². The molecule has 0 aliphatic heterocycles. The molecule has 0 fully saturated rings. The number of nitrogens with one attached hydrogen (secondary N) is 1. The summed E-state index contributed by atoms with van der Waals surface area (Å²) in [6.07, 6.45) is 0. The first-order chi connectivity index (χ1) is 8.02. The summed E-state index contributed by atoms with van der Waals surface area (Å²) in [5.74, 6) is -0.718. The number of anilines is 1. The number of nitrogens with zero attached hydrogens (tertiary/aromatic N) is 1. The molecule has 1 aromatic rings. The number of hydrogen-bond acceptors (Lipinski definition) is 5. The molecule has 0 unspecified atom stereocenters. The number of nitro groups is 1. The molecule has 92 valence electrons. The molecule has 0 aliphatic carbocycles. The minimum atomic E-state index is -1.05. The second-order valence-electron chi connectivity index (χ2n) is 3.15. The Morgan fingerprint density at radius 3 is 2.76 bits per heavy atom. The van der Waals surface area contributed by atoms with Crippen molar-refractivity contribution >= 4 is 17.3 Å². The maximum absolute atomic E-state index is 10.7. The molecule has 17 heavy (non-hydrogen) atoms. The largest absolute Gasteiger partial charge is 0.494 e. The van der Waals surface area contributed by atoms with Crippen LogP contribution in [0.3, 0.4) is 0 Å². The number of nitro benzene ring substituents is 1. The number of ether oxygens (including phenoxy) is 1. The number of rotatable bonds is 6. The third-order valence-electron chi connectivity index (χ3n) is 1.86. The van der Waals surface area contributed by atoms with E-state index in [0.29, 0.717) is 18.0 Å². The van der Waals surface area contributed by atoms with Crippen LogP contribution in [0, 0.1) is 10.1 Å². The molecule has 0 bridgehead atoms. The lowest BCUT2D eigenvalue weighted by Crippen LogP contribution is -2.12. The first-order valence-corrected chi connectivity index (χ1v) is 4.91. The molecule has 0 atom stereocenters. The fourth-order valence-electron chi connectivity index (χ4n) is 1.22. The first kappa shape index (κ1) is 12.8. The summed E-state index contributed by atoms with van der Waals surface area (Å²) in [5, 5.41) is 21.7. The van der Waals surface area contributed by atoms with E-state index < -0.39 is 10.9 Å². The van der Waals surface area contributed by atoms with Gasteiger partial charge in [-0.1, -0.05) is 0 Å². The van der Waals surface area contributed by atoms with Gasteiger partial charge in [0, 0.05) is 17.8 Å². The Kier molecular flexibility index (Phi) is 4.27. The van der Waals surface area contributed by atoms with Crippen molar-refractivity contribution in [3.8, 4) is 5.75 Å². The smallest absolute Gasteiger partial charge is 0.322 e. The molecule has 0 aromatic heterocycles. The number of carboxylic acid groups (broad SMARTS) is 1. The van der Waals surface area contributed by atoms with Crippen LogP contribution in [0.25, 0.3) is 0 Å². The highest BCUT2D eigenvalue weighted by atomic mass is 16.6. The number of hydrogen-bond donors (Lipinski definition) is 2. The van der Waals surface area contributed by atoms with E-state index in [1.807, 2.05) is 0 Å². The topological polar surface area (TPSA) is 102 Å². The zero-order chi connectivity index (χ0) is 12.8. The van der Waals surface area contributed by atoms with Gasteiger partial charge in [-0.05, 0) is 6.92 Å². The Morgan fingerprint density at radius 2 is 2.24 bits per heavy atom. The molecular weight excluding hydrogens is 228 g/mol. The summed E-state index contributed by atoms with van der Waals surface area (Å²) in [6.45, 7) is 1.81. The predicted octanol–water partition coefficient (Wildman–Crippen LogP) is 1.49. The van der Waals surface area contributed by atoms with Crippen molar-refractivity contribution < 1.29 is 19.6 Å². The molecule has 0 spiro atoms. The first-order valence-electron chi connectivity index (χ1n) is 4.91. The van der Waals surface area contributed by atoms with Gasteiger partial charge in [0.15, 0.2) is 0 Å². The predicted molar refractivity (Wildman–Crippen MR) is 60.4 cm³/mol. The molecule has 2 N–H and O–H groups in total. The van der Waals surface area contributed by atoms with Crippen molar-refractivity contribution in [3.63, 3.8) is 0 Å². The fourth-order valence-corrected chi connectivity index (χ4v) is 1.22. The monoisotopic (exact) mass is 240 g/mol. The van der Waals surface area contributed by atoms with Gasteiger partial charge in [-0.25, -0.2) is 0 Å². The normalized spacial score (nSPS) is 9.71. The van der Waals surface area contributed by atoms with Crippen molar-refractivity contribution in [2.45, 2.75) is 6.92 Å². The third-order valence-corrected chi connectivity index (χ3v) is 1.86. The van der Waals surface area contributed by atoms with E-state index in [1.165, 1.54) is 18.2 Å². The summed E-state index contributed by atoms with van der Waals surface area (Å²) >= 11 is 0. The Labute approximate surface area is 97.2 Å². The average Bonchev–Trinajstić information content (AvgIpc) is 2.26. The van der Waals surface area contributed by atoms with Crippen molar-refractivity contribution in [2.75, 3.05) is 18.5 Å². The average molecular weight is 240 g/mol. The summed E-state index contributed by atoms with van der Waals surface area (Å²) < 4.78 is 5.15.